The van der Waals surface area contributed by atoms with E-state index < -0.39 is 0 Å². The first-order valence-corrected chi connectivity index (χ1v) is 10.5. The summed E-state index contributed by atoms with van der Waals surface area (Å²) in [5.41, 5.74) is 3.86. The third-order valence-corrected chi connectivity index (χ3v) is 5.83. The van der Waals surface area contributed by atoms with Crippen LogP contribution in [0.15, 0.2) is 75.2 Å². The number of amidine groups is 1. The summed E-state index contributed by atoms with van der Waals surface area (Å²) in [6, 6.07) is 17.5. The molecule has 1 saturated heterocycles. The lowest BCUT2D eigenvalue weighted by molar-refractivity contribution is -0.115. The summed E-state index contributed by atoms with van der Waals surface area (Å²) in [4.78, 5) is 17.5. The fourth-order valence-corrected chi connectivity index (χ4v) is 4.07. The van der Waals surface area contributed by atoms with Gasteiger partial charge in [-0.3, -0.25) is 4.79 Å². The number of aliphatic imine (C=N–C) groups is 1. The Labute approximate surface area is 181 Å². The monoisotopic (exact) mass is 467 g/mol. The Morgan fingerprint density at radius 3 is 2.55 bits per heavy atom. The van der Waals surface area contributed by atoms with Crippen molar-refractivity contribution in [1.29, 1.82) is 0 Å². The van der Waals surface area contributed by atoms with Crippen molar-refractivity contribution < 1.29 is 9.53 Å². The molecule has 7 heteroatoms. The van der Waals surface area contributed by atoms with Gasteiger partial charge in [-0.1, -0.05) is 15.9 Å². The van der Waals surface area contributed by atoms with Crippen molar-refractivity contribution in [2.45, 2.75) is 6.92 Å². The molecule has 0 radical (unpaired) electrons. The molecule has 1 aliphatic rings. The number of hydrogen-bond acceptors (Lipinski definition) is 4. The fraction of sp³-hybridized carbons (Fsp3) is 0.0909. The summed E-state index contributed by atoms with van der Waals surface area (Å²) in [6.07, 6.45) is 3.90. The van der Waals surface area contributed by atoms with Crippen LogP contribution in [0, 0.1) is 6.92 Å². The van der Waals surface area contributed by atoms with Crippen LogP contribution in [0.3, 0.4) is 0 Å². The van der Waals surface area contributed by atoms with Crippen LogP contribution in [0.1, 0.15) is 11.3 Å². The molecule has 2 heterocycles. The maximum atomic E-state index is 12.4. The van der Waals surface area contributed by atoms with Gasteiger partial charge in [0, 0.05) is 22.1 Å². The zero-order valence-corrected chi connectivity index (χ0v) is 18.3. The molecule has 2 aromatic carbocycles. The number of methoxy groups -OCH3 is 1. The third kappa shape index (κ3) is 4.46. The van der Waals surface area contributed by atoms with Crippen molar-refractivity contribution in [3.05, 3.63) is 81.4 Å². The van der Waals surface area contributed by atoms with E-state index in [0.29, 0.717) is 10.1 Å². The molecular formula is C22H18BrN3O2S. The van der Waals surface area contributed by atoms with Gasteiger partial charge in [-0.05, 0) is 84.9 Å². The molecule has 1 amide bonds. The van der Waals surface area contributed by atoms with Crippen LogP contribution < -0.4 is 10.1 Å². The molecule has 3 aromatic rings. The summed E-state index contributed by atoms with van der Waals surface area (Å²) in [7, 11) is 1.65. The number of ether oxygens (including phenoxy) is 1. The third-order valence-electron chi connectivity index (χ3n) is 4.39. The van der Waals surface area contributed by atoms with Gasteiger partial charge >= 0.3 is 0 Å². The first kappa shape index (κ1) is 19.5. The Kier molecular flexibility index (Phi) is 5.60. The largest absolute Gasteiger partial charge is 0.497 e. The lowest BCUT2D eigenvalue weighted by Gasteiger charge is -2.06. The Hall–Kier alpha value is -2.77. The number of aryl methyl sites for hydroxylation is 1. The highest BCUT2D eigenvalue weighted by Crippen LogP contribution is 2.29. The predicted octanol–water partition coefficient (Wildman–Crippen LogP) is 5.45. The number of benzene rings is 2. The van der Waals surface area contributed by atoms with Crippen LogP contribution in [0.25, 0.3) is 11.8 Å². The summed E-state index contributed by atoms with van der Waals surface area (Å²) >= 11 is 4.75. The average molecular weight is 468 g/mol. The number of rotatable bonds is 4. The summed E-state index contributed by atoms with van der Waals surface area (Å²) in [5.74, 6) is 0.679. The van der Waals surface area contributed by atoms with Gasteiger partial charge in [0.1, 0.15) is 5.75 Å². The highest BCUT2D eigenvalue weighted by Gasteiger charge is 2.24. The number of nitrogens with one attached hydrogen (secondary N) is 1. The predicted molar refractivity (Wildman–Crippen MR) is 122 cm³/mol. The van der Waals surface area contributed by atoms with Gasteiger partial charge in [-0.15, -0.1) is 0 Å². The first-order valence-electron chi connectivity index (χ1n) is 8.90. The van der Waals surface area contributed by atoms with E-state index in [9.17, 15) is 4.79 Å². The molecular weight excluding hydrogens is 450 g/mol. The van der Waals surface area contributed by atoms with Crippen molar-refractivity contribution in [2.24, 2.45) is 4.99 Å². The van der Waals surface area contributed by atoms with Gasteiger partial charge in [-0.2, -0.15) is 0 Å². The van der Waals surface area contributed by atoms with Gasteiger partial charge < -0.3 is 14.6 Å². The Bertz CT molecular complexity index is 1120. The number of hydrogen-bond donors (Lipinski definition) is 1. The van der Waals surface area contributed by atoms with E-state index in [1.165, 1.54) is 11.8 Å². The zero-order valence-electron chi connectivity index (χ0n) is 15.8. The molecule has 0 bridgehead atoms. The topological polar surface area (TPSA) is 55.6 Å². The zero-order chi connectivity index (χ0) is 20.4. The number of nitrogens with zero attached hydrogens (tertiary/aromatic N) is 2. The lowest BCUT2D eigenvalue weighted by atomic mass is 10.3. The molecule has 0 unspecified atom stereocenters. The molecule has 1 aromatic heterocycles. The molecule has 4 rings (SSSR count). The van der Waals surface area contributed by atoms with E-state index in [2.05, 4.69) is 36.9 Å². The van der Waals surface area contributed by atoms with E-state index in [4.69, 9.17) is 4.74 Å². The van der Waals surface area contributed by atoms with E-state index in [1.54, 1.807) is 7.11 Å². The second kappa shape index (κ2) is 8.31. The molecule has 1 aliphatic heterocycles. The molecule has 29 heavy (non-hydrogen) atoms. The Balaban J connectivity index is 1.56. The standard InChI is InChI=1S/C22H18BrN3O2S/c1-14-11-15(13-26(14)18-7-9-19(28-2)10-8-18)12-20-21(27)25-22(29-20)24-17-5-3-16(23)4-6-17/h3-13H,1-2H3,(H,24,25,27)/b20-12+. The van der Waals surface area contributed by atoms with Crippen molar-refractivity contribution in [2.75, 3.05) is 7.11 Å². The van der Waals surface area contributed by atoms with Crippen LogP contribution in [0.5, 0.6) is 5.75 Å². The number of aromatic nitrogens is 1. The van der Waals surface area contributed by atoms with Crippen molar-refractivity contribution >= 4 is 50.5 Å². The highest BCUT2D eigenvalue weighted by molar-refractivity contribution is 9.10. The molecule has 146 valence electrons. The maximum Gasteiger partial charge on any atom is 0.264 e. The second-order valence-electron chi connectivity index (χ2n) is 6.44. The van der Waals surface area contributed by atoms with Crippen molar-refractivity contribution in [3.63, 3.8) is 0 Å². The van der Waals surface area contributed by atoms with Crippen LogP contribution in [-0.2, 0) is 4.79 Å². The van der Waals surface area contributed by atoms with Crippen molar-refractivity contribution in [1.82, 2.24) is 9.88 Å². The minimum absolute atomic E-state index is 0.138. The van der Waals surface area contributed by atoms with E-state index >= 15 is 0 Å². The summed E-state index contributed by atoms with van der Waals surface area (Å²) < 4.78 is 8.29. The van der Waals surface area contributed by atoms with Gasteiger partial charge in [0.25, 0.3) is 5.91 Å². The molecule has 0 atom stereocenters. The fourth-order valence-electron chi connectivity index (χ4n) is 2.96. The number of thioether (sulfide) groups is 1. The quantitative estimate of drug-likeness (QED) is 0.519. The van der Waals surface area contributed by atoms with E-state index in [-0.39, 0.29) is 5.91 Å². The second-order valence-corrected chi connectivity index (χ2v) is 8.39. The van der Waals surface area contributed by atoms with E-state index in [1.807, 2.05) is 67.7 Å². The summed E-state index contributed by atoms with van der Waals surface area (Å²) in [5, 5.41) is 3.40. The van der Waals surface area contributed by atoms with Gasteiger partial charge in [0.05, 0.1) is 17.7 Å². The van der Waals surface area contributed by atoms with Gasteiger partial charge in [-0.25, -0.2) is 4.99 Å². The Morgan fingerprint density at radius 1 is 1.14 bits per heavy atom. The Morgan fingerprint density at radius 2 is 1.86 bits per heavy atom. The number of carbonyl (C=O) groups is 1. The molecule has 0 spiro atoms. The number of halogens is 1. The molecule has 1 fully saturated rings. The van der Waals surface area contributed by atoms with Gasteiger partial charge in [0.15, 0.2) is 5.17 Å². The van der Waals surface area contributed by atoms with Crippen molar-refractivity contribution in [3.8, 4) is 11.4 Å². The number of amides is 1. The molecule has 5 nitrogen and oxygen atoms in total. The minimum Gasteiger partial charge on any atom is -0.497 e. The van der Waals surface area contributed by atoms with Crippen LogP contribution in [0.2, 0.25) is 0 Å². The van der Waals surface area contributed by atoms with Crippen LogP contribution in [-0.4, -0.2) is 22.8 Å². The smallest absolute Gasteiger partial charge is 0.264 e. The highest BCUT2D eigenvalue weighted by atomic mass is 79.9. The van der Waals surface area contributed by atoms with Gasteiger partial charge in [0.2, 0.25) is 0 Å². The molecule has 0 saturated carbocycles. The number of carbonyl (C=O) groups excluding carboxylic acids is 1. The summed E-state index contributed by atoms with van der Waals surface area (Å²) in [6.45, 7) is 2.04. The molecule has 0 aliphatic carbocycles. The molecule has 1 N–H and O–H groups in total. The first-order chi connectivity index (χ1) is 14.0. The van der Waals surface area contributed by atoms with Crippen LogP contribution >= 0.6 is 27.7 Å². The van der Waals surface area contributed by atoms with E-state index in [0.717, 1.165) is 32.9 Å². The lowest BCUT2D eigenvalue weighted by Crippen LogP contribution is -2.19. The minimum atomic E-state index is -0.138. The normalized spacial score (nSPS) is 16.4. The van der Waals surface area contributed by atoms with Crippen LogP contribution in [0.4, 0.5) is 5.69 Å². The SMILES string of the molecule is COc1ccc(-n2cc(/C=C3/SC(=Nc4ccc(Br)cc4)NC3=O)cc2C)cc1. The average Bonchev–Trinajstić information content (AvgIpc) is 3.25. The maximum absolute atomic E-state index is 12.4.